The van der Waals surface area contributed by atoms with Crippen molar-refractivity contribution in [1.82, 2.24) is 0 Å². The molecular formula is C23H18O5S. The van der Waals surface area contributed by atoms with Crippen molar-refractivity contribution in [2.75, 3.05) is 7.11 Å². The smallest absolute Gasteiger partial charge is 0.353 e. The van der Waals surface area contributed by atoms with Gasteiger partial charge in [0.2, 0.25) is 11.2 Å². The van der Waals surface area contributed by atoms with E-state index in [9.17, 15) is 9.59 Å². The molecule has 0 amide bonds. The van der Waals surface area contributed by atoms with Crippen LogP contribution in [-0.4, -0.2) is 13.1 Å². The minimum Gasteiger partial charge on any atom is -0.497 e. The van der Waals surface area contributed by atoms with Crippen LogP contribution in [-0.2, 0) is 0 Å². The highest BCUT2D eigenvalue weighted by atomic mass is 32.1. The number of fused-ring (bicyclic) bond motifs is 1. The number of ether oxygens (including phenoxy) is 2. The van der Waals surface area contributed by atoms with E-state index in [1.807, 2.05) is 19.9 Å². The average Bonchev–Trinajstić information content (AvgIpc) is 3.25. The van der Waals surface area contributed by atoms with Gasteiger partial charge in [-0.1, -0.05) is 12.1 Å². The molecule has 0 aliphatic heterocycles. The maximum absolute atomic E-state index is 13.3. The Morgan fingerprint density at radius 2 is 1.83 bits per heavy atom. The fourth-order valence-corrected chi connectivity index (χ4v) is 3.79. The summed E-state index contributed by atoms with van der Waals surface area (Å²) in [4.78, 5) is 26.3. The van der Waals surface area contributed by atoms with E-state index in [0.29, 0.717) is 27.2 Å². The molecule has 0 N–H and O–H groups in total. The third-order valence-electron chi connectivity index (χ3n) is 4.55. The summed E-state index contributed by atoms with van der Waals surface area (Å²) in [5.41, 5.74) is 2.47. The number of thiophene rings is 1. The van der Waals surface area contributed by atoms with Crippen LogP contribution in [0.5, 0.6) is 11.5 Å². The lowest BCUT2D eigenvalue weighted by Crippen LogP contribution is -2.15. The second kappa shape index (κ2) is 7.56. The molecule has 0 bridgehead atoms. The molecule has 146 valence electrons. The molecule has 0 aliphatic carbocycles. The summed E-state index contributed by atoms with van der Waals surface area (Å²) in [5, 5.41) is 2.16. The number of benzene rings is 2. The van der Waals surface area contributed by atoms with Gasteiger partial charge in [-0.2, -0.15) is 0 Å². The van der Waals surface area contributed by atoms with Gasteiger partial charge < -0.3 is 13.9 Å². The standard InChI is InChI=1S/C23H18O5S/c1-13-11-14(2)20-17(12-13)19(24)22(28-23(25)18-5-4-10-29-18)21(27-20)15-6-8-16(26-3)9-7-15/h4-12H,1-3H3. The fourth-order valence-electron chi connectivity index (χ4n) is 3.20. The maximum Gasteiger partial charge on any atom is 0.353 e. The Bertz CT molecular complexity index is 1250. The van der Waals surface area contributed by atoms with Crippen molar-refractivity contribution < 1.29 is 18.7 Å². The number of carbonyl (C=O) groups excluding carboxylic acids is 1. The zero-order valence-electron chi connectivity index (χ0n) is 16.1. The van der Waals surface area contributed by atoms with Gasteiger partial charge in [0.1, 0.15) is 16.2 Å². The third kappa shape index (κ3) is 3.54. The van der Waals surface area contributed by atoms with Crippen LogP contribution in [0.2, 0.25) is 0 Å². The van der Waals surface area contributed by atoms with Crippen LogP contribution in [0, 0.1) is 13.8 Å². The van der Waals surface area contributed by atoms with E-state index in [-0.39, 0.29) is 16.9 Å². The van der Waals surface area contributed by atoms with Gasteiger partial charge in [-0.15, -0.1) is 11.3 Å². The number of hydrogen-bond donors (Lipinski definition) is 0. The Balaban J connectivity index is 1.95. The first-order valence-corrected chi connectivity index (χ1v) is 9.84. The molecular weight excluding hydrogens is 388 g/mol. The fraction of sp³-hybridized carbons (Fsp3) is 0.130. The molecule has 2 aromatic heterocycles. The second-order valence-corrected chi connectivity index (χ2v) is 7.59. The van der Waals surface area contributed by atoms with E-state index >= 15 is 0 Å². The van der Waals surface area contributed by atoms with Crippen molar-refractivity contribution in [2.24, 2.45) is 0 Å². The molecule has 5 nitrogen and oxygen atoms in total. The van der Waals surface area contributed by atoms with E-state index in [1.54, 1.807) is 55.0 Å². The lowest BCUT2D eigenvalue weighted by atomic mass is 10.1. The lowest BCUT2D eigenvalue weighted by Gasteiger charge is -2.12. The van der Waals surface area contributed by atoms with Crippen LogP contribution in [0.4, 0.5) is 0 Å². The minimum absolute atomic E-state index is 0.119. The summed E-state index contributed by atoms with van der Waals surface area (Å²) in [6, 6.07) is 14.1. The largest absolute Gasteiger partial charge is 0.497 e. The molecule has 4 aromatic rings. The monoisotopic (exact) mass is 406 g/mol. The third-order valence-corrected chi connectivity index (χ3v) is 5.40. The van der Waals surface area contributed by atoms with Gasteiger partial charge in [0.15, 0.2) is 5.76 Å². The molecule has 6 heteroatoms. The van der Waals surface area contributed by atoms with Crippen LogP contribution in [0.15, 0.2) is 63.1 Å². The highest BCUT2D eigenvalue weighted by Crippen LogP contribution is 2.34. The molecule has 0 aliphatic rings. The van der Waals surface area contributed by atoms with E-state index in [0.717, 1.165) is 11.1 Å². The van der Waals surface area contributed by atoms with Crippen molar-refractivity contribution >= 4 is 28.3 Å². The Morgan fingerprint density at radius 3 is 2.48 bits per heavy atom. The molecule has 29 heavy (non-hydrogen) atoms. The van der Waals surface area contributed by atoms with Crippen molar-refractivity contribution in [3.8, 4) is 22.8 Å². The molecule has 2 aromatic carbocycles. The Hall–Kier alpha value is -3.38. The van der Waals surface area contributed by atoms with Gasteiger partial charge in [-0.05, 0) is 66.8 Å². The molecule has 0 saturated carbocycles. The van der Waals surface area contributed by atoms with E-state index in [2.05, 4.69) is 0 Å². The zero-order chi connectivity index (χ0) is 20.5. The van der Waals surface area contributed by atoms with Crippen LogP contribution >= 0.6 is 11.3 Å². The van der Waals surface area contributed by atoms with Gasteiger partial charge in [0.25, 0.3) is 0 Å². The first-order chi connectivity index (χ1) is 14.0. The number of carbonyl (C=O) groups is 1. The summed E-state index contributed by atoms with van der Waals surface area (Å²) < 4.78 is 16.9. The summed E-state index contributed by atoms with van der Waals surface area (Å²) in [6.07, 6.45) is 0. The van der Waals surface area contributed by atoms with Gasteiger partial charge in [-0.3, -0.25) is 4.79 Å². The Labute approximate surface area is 171 Å². The molecule has 4 rings (SSSR count). The normalized spacial score (nSPS) is 10.9. The van der Waals surface area contributed by atoms with Crippen LogP contribution in [0.3, 0.4) is 0 Å². The van der Waals surface area contributed by atoms with Crippen molar-refractivity contribution in [1.29, 1.82) is 0 Å². The van der Waals surface area contributed by atoms with Crippen molar-refractivity contribution in [3.63, 3.8) is 0 Å². The first-order valence-electron chi connectivity index (χ1n) is 8.96. The number of hydrogen-bond acceptors (Lipinski definition) is 6. The number of methoxy groups -OCH3 is 1. The highest BCUT2D eigenvalue weighted by Gasteiger charge is 2.22. The number of aryl methyl sites for hydroxylation is 2. The summed E-state index contributed by atoms with van der Waals surface area (Å²) >= 11 is 1.25. The SMILES string of the molecule is COc1ccc(-c2oc3c(C)cc(C)cc3c(=O)c2OC(=O)c2cccs2)cc1. The quantitative estimate of drug-likeness (QED) is 0.427. The zero-order valence-corrected chi connectivity index (χ0v) is 17.0. The molecule has 0 fully saturated rings. The lowest BCUT2D eigenvalue weighted by molar-refractivity contribution is 0.0736. The minimum atomic E-state index is -0.592. The maximum atomic E-state index is 13.3. The predicted molar refractivity (Wildman–Crippen MR) is 113 cm³/mol. The van der Waals surface area contributed by atoms with Crippen LogP contribution < -0.4 is 14.9 Å². The van der Waals surface area contributed by atoms with Gasteiger partial charge in [0, 0.05) is 5.56 Å². The first kappa shape index (κ1) is 19.0. The molecule has 0 saturated heterocycles. The van der Waals surface area contributed by atoms with Crippen LogP contribution in [0.25, 0.3) is 22.3 Å². The van der Waals surface area contributed by atoms with E-state index in [4.69, 9.17) is 13.9 Å². The molecule has 0 unspecified atom stereocenters. The molecule has 0 radical (unpaired) electrons. The summed E-state index contributed by atoms with van der Waals surface area (Å²) in [7, 11) is 1.57. The van der Waals surface area contributed by atoms with Gasteiger partial charge >= 0.3 is 5.97 Å². The average molecular weight is 406 g/mol. The summed E-state index contributed by atoms with van der Waals surface area (Å²) in [6.45, 7) is 3.79. The number of rotatable bonds is 4. The molecule has 0 atom stereocenters. The number of esters is 1. The Morgan fingerprint density at radius 1 is 1.07 bits per heavy atom. The Kier molecular flexibility index (Phi) is 4.94. The summed E-state index contributed by atoms with van der Waals surface area (Å²) in [5.74, 6) is 0.166. The molecule has 0 spiro atoms. The predicted octanol–water partition coefficient (Wildman–Crippen LogP) is 5.37. The van der Waals surface area contributed by atoms with Crippen molar-refractivity contribution in [3.05, 3.63) is 80.1 Å². The highest BCUT2D eigenvalue weighted by molar-refractivity contribution is 7.12. The van der Waals surface area contributed by atoms with Crippen LogP contribution in [0.1, 0.15) is 20.8 Å². The van der Waals surface area contributed by atoms with E-state index < -0.39 is 5.97 Å². The van der Waals surface area contributed by atoms with Crippen molar-refractivity contribution in [2.45, 2.75) is 13.8 Å². The van der Waals surface area contributed by atoms with E-state index in [1.165, 1.54) is 11.3 Å². The van der Waals surface area contributed by atoms with Gasteiger partial charge in [0.05, 0.1) is 12.5 Å². The second-order valence-electron chi connectivity index (χ2n) is 6.64. The van der Waals surface area contributed by atoms with Gasteiger partial charge in [-0.25, -0.2) is 4.79 Å². The molecule has 2 heterocycles. The topological polar surface area (TPSA) is 65.7 Å².